The number of rotatable bonds is 12. The number of carboxylic acid groups (broad SMARTS) is 1. The molecule has 0 saturated heterocycles. The van der Waals surface area contributed by atoms with E-state index in [0.717, 1.165) is 19.3 Å². The van der Waals surface area contributed by atoms with E-state index in [0.29, 0.717) is 18.5 Å². The quantitative estimate of drug-likeness (QED) is 0.219. The molecule has 6 nitrogen and oxygen atoms in total. The number of hydrogen-bond donors (Lipinski definition) is 5. The molecule has 0 aromatic heterocycles. The average Bonchev–Trinajstić information content (AvgIpc) is 2.60. The van der Waals surface area contributed by atoms with Crippen molar-refractivity contribution in [2.45, 2.75) is 57.5 Å². The van der Waals surface area contributed by atoms with Crippen LogP contribution in [0.25, 0.3) is 0 Å². The molecular weight excluding hydrogens is 334 g/mol. The van der Waals surface area contributed by atoms with Crippen LogP contribution in [-0.2, 0) is 4.79 Å². The first-order chi connectivity index (χ1) is 12.4. The Morgan fingerprint density at radius 3 is 2.27 bits per heavy atom. The van der Waals surface area contributed by atoms with Gasteiger partial charge in [0, 0.05) is 13.0 Å². The Bertz CT molecular complexity index is 519. The van der Waals surface area contributed by atoms with Gasteiger partial charge >= 0.3 is 5.97 Å². The molecule has 0 unspecified atom stereocenters. The largest absolute Gasteiger partial charge is 0.504 e. The van der Waals surface area contributed by atoms with Gasteiger partial charge in [-0.05, 0) is 44.0 Å². The number of carboxylic acids is 1. The Balaban J connectivity index is 0.000000481. The number of aliphatic hydroxyl groups excluding tert-OH is 1. The van der Waals surface area contributed by atoms with Gasteiger partial charge in [-0.1, -0.05) is 37.8 Å². The van der Waals surface area contributed by atoms with Crippen LogP contribution >= 0.6 is 0 Å². The Morgan fingerprint density at radius 2 is 1.73 bits per heavy atom. The van der Waals surface area contributed by atoms with Gasteiger partial charge < -0.3 is 25.7 Å². The molecule has 1 aromatic rings. The van der Waals surface area contributed by atoms with Crippen molar-refractivity contribution in [3.63, 3.8) is 0 Å². The lowest BCUT2D eigenvalue weighted by Gasteiger charge is -2.10. The number of allylic oxidation sites excluding steroid dienone is 1. The maximum atomic E-state index is 10.2. The van der Waals surface area contributed by atoms with Crippen LogP contribution in [0, 0.1) is 0 Å². The fraction of sp³-hybridized carbons (Fsp3) is 0.550. The summed E-state index contributed by atoms with van der Waals surface area (Å²) in [6, 6.07) is 4.26. The summed E-state index contributed by atoms with van der Waals surface area (Å²) < 4.78 is 0. The first-order valence-corrected chi connectivity index (χ1v) is 9.09. The normalized spacial score (nSPS) is 11.3. The molecule has 5 N–H and O–H groups in total. The summed E-state index contributed by atoms with van der Waals surface area (Å²) in [5.41, 5.74) is 0.574. The van der Waals surface area contributed by atoms with E-state index in [-0.39, 0.29) is 11.5 Å². The van der Waals surface area contributed by atoms with Crippen molar-refractivity contribution >= 4 is 5.97 Å². The Kier molecular flexibility index (Phi) is 14.0. The number of nitrogens with one attached hydrogen (secondary N) is 1. The topological polar surface area (TPSA) is 110 Å². The van der Waals surface area contributed by atoms with E-state index in [4.69, 9.17) is 15.3 Å². The van der Waals surface area contributed by atoms with Gasteiger partial charge in [-0.15, -0.1) is 6.58 Å². The van der Waals surface area contributed by atoms with Crippen molar-refractivity contribution in [2.24, 2.45) is 0 Å². The average molecular weight is 367 g/mol. The van der Waals surface area contributed by atoms with Crippen LogP contribution < -0.4 is 5.32 Å². The van der Waals surface area contributed by atoms with E-state index in [2.05, 4.69) is 11.9 Å². The van der Waals surface area contributed by atoms with Crippen LogP contribution in [0.15, 0.2) is 30.9 Å². The molecule has 1 rings (SSSR count). The van der Waals surface area contributed by atoms with Gasteiger partial charge in [0.2, 0.25) is 0 Å². The van der Waals surface area contributed by atoms with E-state index in [1.165, 1.54) is 37.8 Å². The fourth-order valence-corrected chi connectivity index (χ4v) is 2.33. The molecule has 1 atom stereocenters. The van der Waals surface area contributed by atoms with Crippen molar-refractivity contribution < 1.29 is 25.2 Å². The van der Waals surface area contributed by atoms with Gasteiger partial charge in [0.25, 0.3) is 0 Å². The van der Waals surface area contributed by atoms with Crippen molar-refractivity contribution in [1.82, 2.24) is 5.32 Å². The molecule has 0 aliphatic carbocycles. The van der Waals surface area contributed by atoms with Crippen LogP contribution in [-0.4, -0.2) is 40.0 Å². The number of phenols is 2. The van der Waals surface area contributed by atoms with Gasteiger partial charge in [0.1, 0.15) is 0 Å². The highest BCUT2D eigenvalue weighted by Gasteiger charge is 2.08. The van der Waals surface area contributed by atoms with Gasteiger partial charge in [-0.2, -0.15) is 0 Å². The molecule has 1 aromatic carbocycles. The number of benzene rings is 1. The van der Waals surface area contributed by atoms with Gasteiger partial charge in [0.15, 0.2) is 11.5 Å². The van der Waals surface area contributed by atoms with Crippen LogP contribution in [0.2, 0.25) is 0 Å². The SMILES string of the molecule is C=CCCCCCCCCC(=O)O.CNC[C@H](O)c1ccc(O)c(O)c1. The monoisotopic (exact) mass is 367 g/mol. The number of aromatic hydroxyl groups is 2. The number of aliphatic carboxylic acids is 1. The first kappa shape index (κ1) is 23.9. The Labute approximate surface area is 156 Å². The summed E-state index contributed by atoms with van der Waals surface area (Å²) >= 11 is 0. The minimum atomic E-state index is -0.674. The summed E-state index contributed by atoms with van der Waals surface area (Å²) in [5.74, 6) is -1.07. The van der Waals surface area contributed by atoms with E-state index in [1.54, 1.807) is 13.1 Å². The second kappa shape index (κ2) is 15.2. The summed E-state index contributed by atoms with van der Waals surface area (Å²) in [6.45, 7) is 4.07. The highest BCUT2D eigenvalue weighted by atomic mass is 16.4. The lowest BCUT2D eigenvalue weighted by molar-refractivity contribution is -0.137. The van der Waals surface area contributed by atoms with Crippen molar-refractivity contribution in [3.05, 3.63) is 36.4 Å². The third-order valence-corrected chi connectivity index (χ3v) is 3.83. The highest BCUT2D eigenvalue weighted by Crippen LogP contribution is 2.27. The Morgan fingerprint density at radius 1 is 1.12 bits per heavy atom. The molecular formula is C20H33NO5. The molecule has 0 radical (unpaired) electrons. The number of likely N-dealkylation sites (N-methyl/N-ethyl adjacent to an activating group) is 1. The predicted molar refractivity (Wildman–Crippen MR) is 103 cm³/mol. The van der Waals surface area contributed by atoms with Crippen LogP contribution in [0.1, 0.15) is 63.0 Å². The molecule has 0 saturated carbocycles. The van der Waals surface area contributed by atoms with Crippen molar-refractivity contribution in [3.8, 4) is 11.5 Å². The summed E-state index contributed by atoms with van der Waals surface area (Å²) in [5, 5.41) is 38.8. The highest BCUT2D eigenvalue weighted by molar-refractivity contribution is 5.66. The summed E-state index contributed by atoms with van der Waals surface area (Å²) in [7, 11) is 1.73. The smallest absolute Gasteiger partial charge is 0.303 e. The molecule has 0 fully saturated rings. The van der Waals surface area contributed by atoms with Gasteiger partial charge in [0.05, 0.1) is 6.10 Å². The second-order valence-corrected chi connectivity index (χ2v) is 6.16. The first-order valence-electron chi connectivity index (χ1n) is 9.09. The molecule has 148 valence electrons. The molecule has 0 heterocycles. The van der Waals surface area contributed by atoms with Crippen LogP contribution in [0.3, 0.4) is 0 Å². The second-order valence-electron chi connectivity index (χ2n) is 6.16. The van der Waals surface area contributed by atoms with Gasteiger partial charge in [-0.3, -0.25) is 4.79 Å². The standard InChI is InChI=1S/C11H20O2.C9H13NO3/c1-2-3-4-5-6-7-8-9-10-11(12)13;1-10-5-9(13)6-2-3-7(11)8(12)4-6/h2H,1,3-10H2,(H,12,13);2-4,9-13H,5H2,1H3/t;9-/m.0/s1. The zero-order chi connectivity index (χ0) is 19.8. The third-order valence-electron chi connectivity index (χ3n) is 3.83. The molecule has 0 spiro atoms. The van der Waals surface area contributed by atoms with E-state index >= 15 is 0 Å². The lowest BCUT2D eigenvalue weighted by Crippen LogP contribution is -2.16. The van der Waals surface area contributed by atoms with E-state index < -0.39 is 12.1 Å². The molecule has 6 heteroatoms. The zero-order valence-corrected chi connectivity index (χ0v) is 15.7. The van der Waals surface area contributed by atoms with Crippen molar-refractivity contribution in [2.75, 3.05) is 13.6 Å². The zero-order valence-electron chi connectivity index (χ0n) is 15.7. The maximum Gasteiger partial charge on any atom is 0.303 e. The minimum absolute atomic E-state index is 0.180. The van der Waals surface area contributed by atoms with Crippen molar-refractivity contribution in [1.29, 1.82) is 0 Å². The predicted octanol–water partition coefficient (Wildman–Crippen LogP) is 3.73. The molecule has 0 aliphatic rings. The Hall–Kier alpha value is -2.05. The van der Waals surface area contributed by atoms with Gasteiger partial charge in [-0.25, -0.2) is 0 Å². The molecule has 0 amide bonds. The number of hydrogen-bond acceptors (Lipinski definition) is 5. The number of aliphatic hydroxyl groups is 1. The van der Waals surface area contributed by atoms with Crippen LogP contribution in [0.5, 0.6) is 11.5 Å². The minimum Gasteiger partial charge on any atom is -0.504 e. The lowest BCUT2D eigenvalue weighted by atomic mass is 10.1. The molecule has 26 heavy (non-hydrogen) atoms. The van der Waals surface area contributed by atoms with E-state index in [9.17, 15) is 9.90 Å². The summed E-state index contributed by atoms with van der Waals surface area (Å²) in [6.07, 6.45) is 9.47. The molecule has 0 bridgehead atoms. The molecule has 0 aliphatic heterocycles. The number of carbonyl (C=O) groups is 1. The number of phenolic OH excluding ortho intramolecular Hbond substituents is 2. The van der Waals surface area contributed by atoms with E-state index in [1.807, 2.05) is 6.08 Å². The maximum absolute atomic E-state index is 10.2. The van der Waals surface area contributed by atoms with Crippen LogP contribution in [0.4, 0.5) is 0 Å². The number of unbranched alkanes of at least 4 members (excludes halogenated alkanes) is 6. The fourth-order valence-electron chi connectivity index (χ4n) is 2.33. The third kappa shape index (κ3) is 12.3. The summed E-state index contributed by atoms with van der Waals surface area (Å²) in [4.78, 5) is 10.2.